The Hall–Kier alpha value is -2.96. The lowest BCUT2D eigenvalue weighted by molar-refractivity contribution is 0.387. The molecule has 0 unspecified atom stereocenters. The summed E-state index contributed by atoms with van der Waals surface area (Å²) in [5.41, 5.74) is 8.36. The van der Waals surface area contributed by atoms with Crippen molar-refractivity contribution < 1.29 is 13.5 Å². The molecular weight excluding hydrogens is 277 g/mol. The number of ether oxygens (including phenoxy) is 1. The standard InChI is InChI=1S/C14H12FN3O3/c1-20-12-4-7(2-3-8(12)15)17-10-6-11-13(5-9(10)16)21-14(19)18-11/h2-6,17H,16H2,1H3,(H,18,19). The summed E-state index contributed by atoms with van der Waals surface area (Å²) in [6.45, 7) is 0. The summed E-state index contributed by atoms with van der Waals surface area (Å²) in [7, 11) is 1.39. The quantitative estimate of drug-likeness (QED) is 0.644. The van der Waals surface area contributed by atoms with Gasteiger partial charge in [-0.3, -0.25) is 4.98 Å². The van der Waals surface area contributed by atoms with E-state index in [1.165, 1.54) is 25.3 Å². The van der Waals surface area contributed by atoms with E-state index in [1.54, 1.807) is 12.1 Å². The number of aromatic nitrogens is 1. The van der Waals surface area contributed by atoms with Crippen molar-refractivity contribution in [2.45, 2.75) is 0 Å². The van der Waals surface area contributed by atoms with Crippen LogP contribution in [0.5, 0.6) is 5.75 Å². The van der Waals surface area contributed by atoms with E-state index >= 15 is 0 Å². The van der Waals surface area contributed by atoms with Crippen molar-refractivity contribution in [3.05, 3.63) is 46.7 Å². The van der Waals surface area contributed by atoms with Gasteiger partial charge in [0.05, 0.1) is 24.0 Å². The predicted molar refractivity (Wildman–Crippen MR) is 77.5 cm³/mol. The van der Waals surface area contributed by atoms with E-state index in [0.717, 1.165) is 0 Å². The molecule has 1 aromatic heterocycles. The van der Waals surface area contributed by atoms with Gasteiger partial charge in [0, 0.05) is 17.8 Å². The van der Waals surface area contributed by atoms with Gasteiger partial charge < -0.3 is 20.2 Å². The van der Waals surface area contributed by atoms with Crippen LogP contribution in [0, 0.1) is 5.82 Å². The minimum Gasteiger partial charge on any atom is -0.494 e. The maximum Gasteiger partial charge on any atom is 0.417 e. The summed E-state index contributed by atoms with van der Waals surface area (Å²) < 4.78 is 23.2. The number of halogens is 1. The van der Waals surface area contributed by atoms with E-state index in [0.29, 0.717) is 28.2 Å². The van der Waals surface area contributed by atoms with Crippen molar-refractivity contribution in [1.29, 1.82) is 0 Å². The highest BCUT2D eigenvalue weighted by molar-refractivity contribution is 5.87. The molecule has 0 radical (unpaired) electrons. The number of fused-ring (bicyclic) bond motifs is 1. The lowest BCUT2D eigenvalue weighted by Crippen LogP contribution is -1.98. The normalized spacial score (nSPS) is 10.8. The number of benzene rings is 2. The van der Waals surface area contributed by atoms with Gasteiger partial charge in [0.1, 0.15) is 0 Å². The number of methoxy groups -OCH3 is 1. The number of rotatable bonds is 3. The van der Waals surface area contributed by atoms with Gasteiger partial charge in [-0.1, -0.05) is 0 Å². The maximum atomic E-state index is 13.4. The average Bonchev–Trinajstić information content (AvgIpc) is 2.80. The molecule has 108 valence electrons. The highest BCUT2D eigenvalue weighted by Gasteiger charge is 2.09. The number of nitrogens with one attached hydrogen (secondary N) is 2. The number of oxazole rings is 1. The molecule has 2 aromatic carbocycles. The number of aromatic amines is 1. The molecule has 6 nitrogen and oxygen atoms in total. The predicted octanol–water partition coefficient (Wildman–Crippen LogP) is 2.59. The van der Waals surface area contributed by atoms with Gasteiger partial charge in [-0.05, 0) is 18.2 Å². The van der Waals surface area contributed by atoms with Crippen LogP contribution >= 0.6 is 0 Å². The van der Waals surface area contributed by atoms with Crippen molar-refractivity contribution in [1.82, 2.24) is 4.98 Å². The number of H-pyrrole nitrogens is 1. The third-order valence-corrected chi connectivity index (χ3v) is 3.02. The first-order valence-corrected chi connectivity index (χ1v) is 6.10. The Bertz CT molecular complexity index is 870. The zero-order valence-electron chi connectivity index (χ0n) is 11.1. The molecule has 0 bridgehead atoms. The first-order chi connectivity index (χ1) is 10.1. The van der Waals surface area contributed by atoms with Gasteiger partial charge in [-0.2, -0.15) is 0 Å². The molecule has 0 spiro atoms. The second-order valence-corrected chi connectivity index (χ2v) is 4.42. The highest BCUT2D eigenvalue weighted by Crippen LogP contribution is 2.29. The zero-order chi connectivity index (χ0) is 15.0. The molecule has 0 amide bonds. The van der Waals surface area contributed by atoms with Crippen LogP contribution in [-0.2, 0) is 0 Å². The van der Waals surface area contributed by atoms with E-state index in [1.807, 2.05) is 0 Å². The summed E-state index contributed by atoms with van der Waals surface area (Å²) >= 11 is 0. The SMILES string of the molecule is COc1cc(Nc2cc3[nH]c(=O)oc3cc2N)ccc1F. The minimum atomic E-state index is -0.551. The van der Waals surface area contributed by atoms with E-state index in [4.69, 9.17) is 14.9 Å². The van der Waals surface area contributed by atoms with Crippen molar-refractivity contribution in [2.24, 2.45) is 0 Å². The van der Waals surface area contributed by atoms with Crippen LogP contribution in [-0.4, -0.2) is 12.1 Å². The molecule has 0 saturated carbocycles. The summed E-state index contributed by atoms with van der Waals surface area (Å²) in [4.78, 5) is 13.7. The third-order valence-electron chi connectivity index (χ3n) is 3.02. The second kappa shape index (κ2) is 4.86. The zero-order valence-corrected chi connectivity index (χ0v) is 11.1. The average molecular weight is 289 g/mol. The van der Waals surface area contributed by atoms with Gasteiger partial charge in [0.2, 0.25) is 0 Å². The summed E-state index contributed by atoms with van der Waals surface area (Å²) in [6, 6.07) is 7.54. The molecule has 7 heteroatoms. The Morgan fingerprint density at radius 1 is 1.33 bits per heavy atom. The van der Waals surface area contributed by atoms with Crippen molar-refractivity contribution in [3.63, 3.8) is 0 Å². The monoisotopic (exact) mass is 289 g/mol. The molecule has 0 fully saturated rings. The molecule has 3 rings (SSSR count). The van der Waals surface area contributed by atoms with E-state index in [-0.39, 0.29) is 5.75 Å². The van der Waals surface area contributed by atoms with Crippen LogP contribution < -0.4 is 21.5 Å². The van der Waals surface area contributed by atoms with E-state index < -0.39 is 11.6 Å². The Morgan fingerprint density at radius 3 is 2.90 bits per heavy atom. The van der Waals surface area contributed by atoms with E-state index in [9.17, 15) is 9.18 Å². The van der Waals surface area contributed by atoms with Gasteiger partial charge in [0.25, 0.3) is 0 Å². The molecule has 0 atom stereocenters. The Morgan fingerprint density at radius 2 is 2.14 bits per heavy atom. The molecule has 21 heavy (non-hydrogen) atoms. The Kier molecular flexibility index (Phi) is 3.02. The van der Waals surface area contributed by atoms with Gasteiger partial charge >= 0.3 is 5.76 Å². The Balaban J connectivity index is 2.01. The van der Waals surface area contributed by atoms with Crippen LogP contribution in [0.1, 0.15) is 0 Å². The summed E-state index contributed by atoms with van der Waals surface area (Å²) in [5, 5.41) is 3.04. The summed E-state index contributed by atoms with van der Waals surface area (Å²) in [6.07, 6.45) is 0. The Labute approximate surface area is 118 Å². The van der Waals surface area contributed by atoms with Crippen LogP contribution in [0.15, 0.2) is 39.5 Å². The molecule has 0 aliphatic rings. The molecule has 3 aromatic rings. The molecule has 1 heterocycles. The smallest absolute Gasteiger partial charge is 0.417 e. The fourth-order valence-electron chi connectivity index (χ4n) is 2.01. The third kappa shape index (κ3) is 2.40. The summed E-state index contributed by atoms with van der Waals surface area (Å²) in [5.74, 6) is -0.882. The number of nitrogen functional groups attached to an aromatic ring is 1. The first-order valence-electron chi connectivity index (χ1n) is 6.10. The maximum absolute atomic E-state index is 13.4. The van der Waals surface area contributed by atoms with Crippen LogP contribution in [0.4, 0.5) is 21.5 Å². The molecule has 0 aliphatic heterocycles. The first kappa shape index (κ1) is 13.0. The number of hydrogen-bond acceptors (Lipinski definition) is 5. The van der Waals surface area contributed by atoms with Gasteiger partial charge in [-0.25, -0.2) is 9.18 Å². The number of hydrogen-bond donors (Lipinski definition) is 3. The fourth-order valence-corrected chi connectivity index (χ4v) is 2.01. The van der Waals surface area contributed by atoms with Crippen LogP contribution in [0.25, 0.3) is 11.1 Å². The lowest BCUT2D eigenvalue weighted by Gasteiger charge is -2.10. The fraction of sp³-hybridized carbons (Fsp3) is 0.0714. The second-order valence-electron chi connectivity index (χ2n) is 4.42. The van der Waals surface area contributed by atoms with Gasteiger partial charge in [-0.15, -0.1) is 0 Å². The molecule has 0 saturated heterocycles. The van der Waals surface area contributed by atoms with E-state index in [2.05, 4.69) is 10.3 Å². The van der Waals surface area contributed by atoms with Crippen molar-refractivity contribution >= 4 is 28.2 Å². The molecule has 0 aliphatic carbocycles. The lowest BCUT2D eigenvalue weighted by atomic mass is 10.2. The van der Waals surface area contributed by atoms with Gasteiger partial charge in [0.15, 0.2) is 17.1 Å². The largest absolute Gasteiger partial charge is 0.494 e. The molecular formula is C14H12FN3O3. The number of anilines is 3. The number of nitrogens with two attached hydrogens (primary N) is 1. The highest BCUT2D eigenvalue weighted by atomic mass is 19.1. The van der Waals surface area contributed by atoms with Crippen molar-refractivity contribution in [3.8, 4) is 5.75 Å². The minimum absolute atomic E-state index is 0.122. The molecule has 4 N–H and O–H groups in total. The van der Waals surface area contributed by atoms with Crippen LogP contribution in [0.2, 0.25) is 0 Å². The van der Waals surface area contributed by atoms with Crippen LogP contribution in [0.3, 0.4) is 0 Å². The topological polar surface area (TPSA) is 93.3 Å². The van der Waals surface area contributed by atoms with Crippen molar-refractivity contribution in [2.75, 3.05) is 18.2 Å².